The highest BCUT2D eigenvalue weighted by atomic mass is 32.1. The van der Waals surface area contributed by atoms with E-state index in [-0.39, 0.29) is 11.7 Å². The summed E-state index contributed by atoms with van der Waals surface area (Å²) >= 11 is 1.33. The van der Waals surface area contributed by atoms with E-state index in [1.807, 2.05) is 36.6 Å². The van der Waals surface area contributed by atoms with Gasteiger partial charge >= 0.3 is 5.82 Å². The Hall–Kier alpha value is -3.00. The molecule has 1 aromatic carbocycles. The second kappa shape index (κ2) is 6.86. The molecule has 1 N–H and O–H groups in total. The molecule has 0 aliphatic carbocycles. The zero-order valence-corrected chi connectivity index (χ0v) is 14.5. The third-order valence-electron chi connectivity index (χ3n) is 3.67. The number of aryl methyl sites for hydroxylation is 2. The topological polar surface area (TPSA) is 90.1 Å². The molecular weight excluding hydrogens is 340 g/mol. The summed E-state index contributed by atoms with van der Waals surface area (Å²) < 4.78 is 1.56. The van der Waals surface area contributed by atoms with Gasteiger partial charge in [0.1, 0.15) is 0 Å². The van der Waals surface area contributed by atoms with Crippen molar-refractivity contribution in [2.45, 2.75) is 20.4 Å². The maximum atomic E-state index is 12.3. The summed E-state index contributed by atoms with van der Waals surface area (Å²) in [5, 5.41) is 19.5. The molecule has 1 amide bonds. The Labute approximate surface area is 148 Å². The van der Waals surface area contributed by atoms with Gasteiger partial charge in [-0.2, -0.15) is 4.68 Å². The number of hydrogen-bond donors (Lipinski definition) is 1. The van der Waals surface area contributed by atoms with E-state index in [2.05, 4.69) is 10.4 Å². The largest absolute Gasteiger partial charge is 0.390 e. The van der Waals surface area contributed by atoms with Gasteiger partial charge in [0, 0.05) is 5.69 Å². The summed E-state index contributed by atoms with van der Waals surface area (Å²) in [5.74, 6) is -0.353. The highest BCUT2D eigenvalue weighted by molar-refractivity contribution is 7.12. The van der Waals surface area contributed by atoms with Crippen molar-refractivity contribution in [3.63, 3.8) is 0 Å². The molecular formula is C17H16N4O3S. The molecule has 0 unspecified atom stereocenters. The summed E-state index contributed by atoms with van der Waals surface area (Å²) in [6, 6.07) is 10.8. The van der Waals surface area contributed by atoms with Gasteiger partial charge in [-0.15, -0.1) is 11.3 Å². The Kier molecular flexibility index (Phi) is 4.62. The zero-order valence-electron chi connectivity index (χ0n) is 13.7. The zero-order chi connectivity index (χ0) is 18.0. The van der Waals surface area contributed by atoms with Crippen molar-refractivity contribution < 1.29 is 9.72 Å². The van der Waals surface area contributed by atoms with Crippen molar-refractivity contribution in [1.82, 2.24) is 9.78 Å². The Bertz CT molecular complexity index is 928. The van der Waals surface area contributed by atoms with Gasteiger partial charge in [0.25, 0.3) is 5.91 Å². The standard InChI is InChI=1S/C17H16N4O3S/c1-11-3-5-14(6-4-11)18-17(22)15-8-13(10-25-15)9-20-12(2)7-16(19-20)21(23)24/h3-8,10H,9H2,1-2H3,(H,18,22). The molecule has 0 atom stereocenters. The highest BCUT2D eigenvalue weighted by Gasteiger charge is 2.17. The van der Waals surface area contributed by atoms with E-state index in [1.54, 1.807) is 17.7 Å². The summed E-state index contributed by atoms with van der Waals surface area (Å²) in [5.41, 5.74) is 3.44. The molecule has 0 fully saturated rings. The highest BCUT2D eigenvalue weighted by Crippen LogP contribution is 2.20. The maximum absolute atomic E-state index is 12.3. The van der Waals surface area contributed by atoms with E-state index in [0.717, 1.165) is 16.8 Å². The maximum Gasteiger partial charge on any atom is 0.390 e. The number of rotatable bonds is 5. The third-order valence-corrected chi connectivity index (χ3v) is 4.65. The second-order valence-corrected chi connectivity index (χ2v) is 6.61. The number of carbonyl (C=O) groups excluding carboxylic acids is 1. The predicted octanol–water partition coefficient (Wildman–Crippen LogP) is 3.77. The van der Waals surface area contributed by atoms with Crippen LogP contribution in [0.3, 0.4) is 0 Å². The number of nitrogens with one attached hydrogen (secondary N) is 1. The lowest BCUT2D eigenvalue weighted by Gasteiger charge is -2.03. The molecule has 3 aromatic rings. The number of benzene rings is 1. The van der Waals surface area contributed by atoms with Gasteiger partial charge in [-0.25, -0.2) is 0 Å². The first-order valence-corrected chi connectivity index (χ1v) is 8.44. The average Bonchev–Trinajstić information content (AvgIpc) is 3.18. The molecule has 0 bridgehead atoms. The van der Waals surface area contributed by atoms with Crippen LogP contribution in [0.4, 0.5) is 11.5 Å². The summed E-state index contributed by atoms with van der Waals surface area (Å²) in [6.07, 6.45) is 0. The predicted molar refractivity (Wildman–Crippen MR) is 96.2 cm³/mol. The van der Waals surface area contributed by atoms with Crippen molar-refractivity contribution in [3.05, 3.63) is 73.6 Å². The number of thiophene rings is 1. The van der Waals surface area contributed by atoms with E-state index in [1.165, 1.54) is 17.4 Å². The Balaban J connectivity index is 1.70. The molecule has 0 radical (unpaired) electrons. The molecule has 128 valence electrons. The third kappa shape index (κ3) is 3.92. The molecule has 25 heavy (non-hydrogen) atoms. The van der Waals surface area contributed by atoms with Crippen LogP contribution in [-0.4, -0.2) is 20.6 Å². The Morgan fingerprint density at radius 1 is 1.28 bits per heavy atom. The average molecular weight is 356 g/mol. The van der Waals surface area contributed by atoms with Crippen LogP contribution in [0.25, 0.3) is 0 Å². The fourth-order valence-electron chi connectivity index (χ4n) is 2.32. The van der Waals surface area contributed by atoms with Crippen molar-refractivity contribution >= 4 is 28.7 Å². The van der Waals surface area contributed by atoms with Crippen LogP contribution in [0.5, 0.6) is 0 Å². The summed E-state index contributed by atoms with van der Waals surface area (Å²) in [6.45, 7) is 4.13. The van der Waals surface area contributed by atoms with Crippen LogP contribution in [0.15, 0.2) is 41.8 Å². The quantitative estimate of drug-likeness (QED) is 0.556. The van der Waals surface area contributed by atoms with Crippen molar-refractivity contribution in [2.75, 3.05) is 5.32 Å². The summed E-state index contributed by atoms with van der Waals surface area (Å²) in [4.78, 5) is 23.2. The minimum Gasteiger partial charge on any atom is -0.358 e. The van der Waals surface area contributed by atoms with Crippen molar-refractivity contribution in [2.24, 2.45) is 0 Å². The number of nitrogens with zero attached hydrogens (tertiary/aromatic N) is 3. The van der Waals surface area contributed by atoms with Gasteiger partial charge in [-0.1, -0.05) is 17.7 Å². The number of anilines is 1. The number of amides is 1. The first-order chi connectivity index (χ1) is 11.9. The smallest absolute Gasteiger partial charge is 0.358 e. The molecule has 0 aliphatic heterocycles. The molecule has 2 heterocycles. The monoisotopic (exact) mass is 356 g/mol. The van der Waals surface area contributed by atoms with Crippen LogP contribution < -0.4 is 5.32 Å². The fourth-order valence-corrected chi connectivity index (χ4v) is 3.12. The Morgan fingerprint density at radius 2 is 2.00 bits per heavy atom. The molecule has 0 saturated carbocycles. The minimum atomic E-state index is -0.516. The molecule has 3 rings (SSSR count). The molecule has 0 saturated heterocycles. The van der Waals surface area contributed by atoms with Gasteiger partial charge < -0.3 is 15.4 Å². The normalized spacial score (nSPS) is 10.6. The molecule has 2 aromatic heterocycles. The number of hydrogen-bond acceptors (Lipinski definition) is 5. The van der Waals surface area contributed by atoms with Crippen molar-refractivity contribution in [1.29, 1.82) is 0 Å². The Morgan fingerprint density at radius 3 is 2.64 bits per heavy atom. The van der Waals surface area contributed by atoms with Crippen LogP contribution in [0.1, 0.15) is 26.5 Å². The summed E-state index contributed by atoms with van der Waals surface area (Å²) in [7, 11) is 0. The first-order valence-electron chi connectivity index (χ1n) is 7.56. The second-order valence-electron chi connectivity index (χ2n) is 5.70. The lowest BCUT2D eigenvalue weighted by Crippen LogP contribution is -2.10. The fraction of sp³-hybridized carbons (Fsp3) is 0.176. The number of carbonyl (C=O) groups is 1. The van der Waals surface area contributed by atoms with Crippen LogP contribution in [0.2, 0.25) is 0 Å². The minimum absolute atomic E-state index is 0.176. The van der Waals surface area contributed by atoms with Gasteiger partial charge in [-0.3, -0.25) is 4.79 Å². The van der Waals surface area contributed by atoms with E-state index in [0.29, 0.717) is 17.1 Å². The molecule has 7 nitrogen and oxygen atoms in total. The van der Waals surface area contributed by atoms with Gasteiger partial charge in [0.15, 0.2) is 0 Å². The molecule has 8 heteroatoms. The van der Waals surface area contributed by atoms with Gasteiger partial charge in [0.05, 0.1) is 28.3 Å². The lowest BCUT2D eigenvalue weighted by molar-refractivity contribution is -0.389. The van der Waals surface area contributed by atoms with E-state index < -0.39 is 4.92 Å². The van der Waals surface area contributed by atoms with Crippen LogP contribution in [0, 0.1) is 24.0 Å². The van der Waals surface area contributed by atoms with Gasteiger partial charge in [0.2, 0.25) is 0 Å². The van der Waals surface area contributed by atoms with Crippen LogP contribution >= 0.6 is 11.3 Å². The van der Waals surface area contributed by atoms with Crippen LogP contribution in [-0.2, 0) is 6.54 Å². The van der Waals surface area contributed by atoms with E-state index in [9.17, 15) is 14.9 Å². The number of nitro groups is 1. The van der Waals surface area contributed by atoms with E-state index in [4.69, 9.17) is 0 Å². The lowest BCUT2D eigenvalue weighted by atomic mass is 10.2. The van der Waals surface area contributed by atoms with E-state index >= 15 is 0 Å². The molecule has 0 aliphatic rings. The van der Waals surface area contributed by atoms with Crippen molar-refractivity contribution in [3.8, 4) is 0 Å². The first kappa shape index (κ1) is 16.8. The van der Waals surface area contributed by atoms with Gasteiger partial charge in [-0.05, 0) is 47.9 Å². The molecule has 0 spiro atoms. The SMILES string of the molecule is Cc1ccc(NC(=O)c2cc(Cn3nc([N+](=O)[O-])cc3C)cs2)cc1. The number of aromatic nitrogens is 2.